The molecule has 0 saturated carbocycles. The van der Waals surface area contributed by atoms with Crippen molar-refractivity contribution in [1.82, 2.24) is 9.62 Å². The minimum absolute atomic E-state index is 0.125. The molecule has 0 spiro atoms. The number of hydrogen-bond donors (Lipinski definition) is 1. The minimum Gasteiger partial charge on any atom is -0.338 e. The Hall–Kier alpha value is -2.96. The molecule has 3 rings (SSSR count). The summed E-state index contributed by atoms with van der Waals surface area (Å²) in [5.74, 6) is -0.125. The molecular weight excluding hydrogens is 372 g/mol. The van der Waals surface area contributed by atoms with Crippen molar-refractivity contribution in [3.63, 3.8) is 0 Å². The van der Waals surface area contributed by atoms with Gasteiger partial charge in [0.2, 0.25) is 15.9 Å². The quantitative estimate of drug-likeness (QED) is 0.652. The Morgan fingerprint density at radius 1 is 1.00 bits per heavy atom. The Bertz CT molecular complexity index is 1110. The van der Waals surface area contributed by atoms with Crippen LogP contribution in [0.5, 0.6) is 0 Å². The van der Waals surface area contributed by atoms with E-state index < -0.39 is 10.0 Å². The van der Waals surface area contributed by atoms with Crippen molar-refractivity contribution in [2.24, 2.45) is 0 Å². The Kier molecular flexibility index (Phi) is 5.92. The fourth-order valence-corrected chi connectivity index (χ4v) is 3.66. The van der Waals surface area contributed by atoms with Crippen LogP contribution in [0.2, 0.25) is 0 Å². The lowest BCUT2D eigenvalue weighted by atomic mass is 10.0. The highest BCUT2D eigenvalue weighted by Gasteiger charge is 2.11. The number of amides is 1. The van der Waals surface area contributed by atoms with Crippen LogP contribution in [-0.4, -0.2) is 33.3 Å². The number of benzene rings is 3. The highest BCUT2D eigenvalue weighted by atomic mass is 32.2. The van der Waals surface area contributed by atoms with Gasteiger partial charge in [0.25, 0.3) is 0 Å². The van der Waals surface area contributed by atoms with Gasteiger partial charge < -0.3 is 4.90 Å². The third-order valence-corrected chi connectivity index (χ3v) is 5.97. The van der Waals surface area contributed by atoms with Gasteiger partial charge in [-0.25, -0.2) is 13.1 Å². The highest BCUT2D eigenvalue weighted by Crippen LogP contribution is 2.20. The summed E-state index contributed by atoms with van der Waals surface area (Å²) >= 11 is 0. The average molecular weight is 394 g/mol. The molecule has 0 atom stereocenters. The molecule has 0 radical (unpaired) electrons. The average Bonchev–Trinajstić information content (AvgIpc) is 2.72. The van der Waals surface area contributed by atoms with Crippen molar-refractivity contribution in [1.29, 1.82) is 0 Å². The standard InChI is InChI=1S/C22H22N2O3S/c1-23-28(26,27)20-13-10-17(11-14-20)12-15-22(25)24(2)16-19-8-5-7-18-6-3-4-9-21(18)19/h3-15,23H,16H2,1-2H3/b15-12+. The predicted octanol–water partition coefficient (Wildman–Crippen LogP) is 3.42. The van der Waals surface area contributed by atoms with Gasteiger partial charge in [-0.1, -0.05) is 54.6 Å². The van der Waals surface area contributed by atoms with Crippen molar-refractivity contribution in [2.45, 2.75) is 11.4 Å². The van der Waals surface area contributed by atoms with E-state index in [1.165, 1.54) is 25.3 Å². The molecule has 1 amide bonds. The third-order valence-electron chi connectivity index (χ3n) is 4.54. The molecule has 0 fully saturated rings. The van der Waals surface area contributed by atoms with E-state index in [0.717, 1.165) is 21.9 Å². The summed E-state index contributed by atoms with van der Waals surface area (Å²) in [4.78, 5) is 14.3. The van der Waals surface area contributed by atoms with Crippen molar-refractivity contribution in [2.75, 3.05) is 14.1 Å². The second kappa shape index (κ2) is 8.37. The van der Waals surface area contributed by atoms with Crippen LogP contribution in [0.25, 0.3) is 16.8 Å². The maximum Gasteiger partial charge on any atom is 0.246 e. The maximum absolute atomic E-state index is 12.5. The second-order valence-electron chi connectivity index (χ2n) is 6.44. The van der Waals surface area contributed by atoms with Crippen LogP contribution < -0.4 is 4.72 Å². The molecule has 0 aliphatic rings. The second-order valence-corrected chi connectivity index (χ2v) is 8.33. The van der Waals surface area contributed by atoms with Gasteiger partial charge in [0, 0.05) is 19.7 Å². The Labute approximate surface area is 165 Å². The van der Waals surface area contributed by atoms with E-state index in [-0.39, 0.29) is 10.8 Å². The van der Waals surface area contributed by atoms with Gasteiger partial charge in [-0.05, 0) is 47.2 Å². The summed E-state index contributed by atoms with van der Waals surface area (Å²) in [5, 5.41) is 2.28. The number of hydrogen-bond acceptors (Lipinski definition) is 3. The number of likely N-dealkylation sites (N-methyl/N-ethyl adjacent to an activating group) is 1. The Morgan fingerprint density at radius 3 is 2.39 bits per heavy atom. The summed E-state index contributed by atoms with van der Waals surface area (Å²) in [6.45, 7) is 0.504. The zero-order valence-electron chi connectivity index (χ0n) is 15.8. The van der Waals surface area contributed by atoms with Gasteiger partial charge in [-0.2, -0.15) is 0 Å². The first-order chi connectivity index (χ1) is 13.4. The number of carbonyl (C=O) groups excluding carboxylic acids is 1. The molecule has 0 saturated heterocycles. The molecule has 0 aliphatic carbocycles. The molecule has 0 aliphatic heterocycles. The number of rotatable bonds is 6. The molecule has 0 aromatic heterocycles. The molecule has 5 nitrogen and oxygen atoms in total. The fourth-order valence-electron chi connectivity index (χ4n) is 2.93. The first kappa shape index (κ1) is 19.8. The lowest BCUT2D eigenvalue weighted by molar-refractivity contribution is -0.125. The summed E-state index contributed by atoms with van der Waals surface area (Å²) < 4.78 is 25.8. The smallest absolute Gasteiger partial charge is 0.246 e. The summed E-state index contributed by atoms with van der Waals surface area (Å²) in [7, 11) is -0.332. The van der Waals surface area contributed by atoms with Crippen molar-refractivity contribution in [3.8, 4) is 0 Å². The SMILES string of the molecule is CNS(=O)(=O)c1ccc(/C=C/C(=O)N(C)Cc2cccc3ccccc23)cc1. The van der Waals surface area contributed by atoms with Crippen molar-refractivity contribution < 1.29 is 13.2 Å². The summed E-state index contributed by atoms with van der Waals surface area (Å²) in [6, 6.07) is 20.5. The molecule has 1 N–H and O–H groups in total. The highest BCUT2D eigenvalue weighted by molar-refractivity contribution is 7.89. The molecule has 0 unspecified atom stereocenters. The summed E-state index contributed by atoms with van der Waals surface area (Å²) in [5.41, 5.74) is 1.84. The number of nitrogens with zero attached hydrogens (tertiary/aromatic N) is 1. The van der Waals surface area contributed by atoms with E-state index in [2.05, 4.69) is 22.9 Å². The van der Waals surface area contributed by atoms with Crippen LogP contribution >= 0.6 is 0 Å². The monoisotopic (exact) mass is 394 g/mol. The molecule has 144 valence electrons. The van der Waals surface area contributed by atoms with Crippen molar-refractivity contribution in [3.05, 3.63) is 83.9 Å². The van der Waals surface area contributed by atoms with Crippen LogP contribution in [0.15, 0.2) is 77.7 Å². The maximum atomic E-state index is 12.5. The van der Waals surface area contributed by atoms with Gasteiger partial charge in [0.15, 0.2) is 0 Å². The molecule has 6 heteroatoms. The van der Waals surface area contributed by atoms with E-state index in [0.29, 0.717) is 6.54 Å². The van der Waals surface area contributed by atoms with Gasteiger partial charge in [-0.15, -0.1) is 0 Å². The van der Waals surface area contributed by atoms with Crippen molar-refractivity contribution >= 4 is 32.8 Å². The summed E-state index contributed by atoms with van der Waals surface area (Å²) in [6.07, 6.45) is 3.17. The van der Waals surface area contributed by atoms with E-state index in [9.17, 15) is 13.2 Å². The van der Waals surface area contributed by atoms with Gasteiger partial charge in [0.05, 0.1) is 4.90 Å². The molecule has 3 aromatic rings. The fraction of sp³-hybridized carbons (Fsp3) is 0.136. The van der Waals surface area contributed by atoms with Gasteiger partial charge in [0.1, 0.15) is 0 Å². The van der Waals surface area contributed by atoms with E-state index >= 15 is 0 Å². The van der Waals surface area contributed by atoms with Crippen LogP contribution in [0.3, 0.4) is 0 Å². The number of sulfonamides is 1. The van der Waals surface area contributed by atoms with E-state index in [1.807, 2.05) is 24.3 Å². The zero-order valence-corrected chi connectivity index (χ0v) is 16.6. The topological polar surface area (TPSA) is 66.5 Å². The number of carbonyl (C=O) groups is 1. The number of fused-ring (bicyclic) bond motifs is 1. The van der Waals surface area contributed by atoms with Gasteiger partial charge in [-0.3, -0.25) is 4.79 Å². The zero-order chi connectivity index (χ0) is 20.1. The molecule has 0 heterocycles. The van der Waals surface area contributed by atoms with Crippen LogP contribution in [0.1, 0.15) is 11.1 Å². The predicted molar refractivity (Wildman–Crippen MR) is 112 cm³/mol. The molecule has 28 heavy (non-hydrogen) atoms. The lowest BCUT2D eigenvalue weighted by Crippen LogP contribution is -2.24. The first-order valence-corrected chi connectivity index (χ1v) is 10.3. The van der Waals surface area contributed by atoms with E-state index in [1.54, 1.807) is 30.2 Å². The molecule has 3 aromatic carbocycles. The molecular formula is C22H22N2O3S. The van der Waals surface area contributed by atoms with E-state index in [4.69, 9.17) is 0 Å². The Balaban J connectivity index is 1.70. The Morgan fingerprint density at radius 2 is 1.68 bits per heavy atom. The van der Waals surface area contributed by atoms with Crippen LogP contribution in [0, 0.1) is 0 Å². The molecule has 0 bridgehead atoms. The minimum atomic E-state index is -3.46. The van der Waals surface area contributed by atoms with Crippen LogP contribution in [0.4, 0.5) is 0 Å². The number of nitrogens with one attached hydrogen (secondary N) is 1. The largest absolute Gasteiger partial charge is 0.338 e. The van der Waals surface area contributed by atoms with Crippen LogP contribution in [-0.2, 0) is 21.4 Å². The lowest BCUT2D eigenvalue weighted by Gasteiger charge is -2.16. The normalized spacial score (nSPS) is 11.8. The van der Waals surface area contributed by atoms with Gasteiger partial charge >= 0.3 is 0 Å². The third kappa shape index (κ3) is 4.47. The first-order valence-electron chi connectivity index (χ1n) is 8.84.